The Labute approximate surface area is 249 Å². The maximum absolute atomic E-state index is 13.8. The van der Waals surface area contributed by atoms with Gasteiger partial charge in [-0.1, -0.05) is 12.8 Å². The molecule has 2 aliphatic carbocycles. The number of carbonyl (C=O) groups excluding carboxylic acids is 3. The average Bonchev–Trinajstić information content (AvgIpc) is 3.48. The predicted octanol–water partition coefficient (Wildman–Crippen LogP) is 2.86. The molecule has 1 fully saturated rings. The van der Waals surface area contributed by atoms with Crippen LogP contribution < -0.4 is 14.8 Å². The first-order valence-electron chi connectivity index (χ1n) is 13.9. The van der Waals surface area contributed by atoms with Crippen LogP contribution in [0.3, 0.4) is 0 Å². The van der Waals surface area contributed by atoms with Gasteiger partial charge in [-0.2, -0.15) is 0 Å². The van der Waals surface area contributed by atoms with Gasteiger partial charge in [0, 0.05) is 43.2 Å². The van der Waals surface area contributed by atoms with Crippen molar-refractivity contribution in [1.82, 2.24) is 10.2 Å². The van der Waals surface area contributed by atoms with Gasteiger partial charge in [0.15, 0.2) is 11.5 Å². The Hall–Kier alpha value is -2.22. The molecule has 0 radical (unpaired) electrons. The van der Waals surface area contributed by atoms with E-state index in [1.54, 1.807) is 23.1 Å². The van der Waals surface area contributed by atoms with Crippen molar-refractivity contribution >= 4 is 40.7 Å². The van der Waals surface area contributed by atoms with Crippen LogP contribution in [0.5, 0.6) is 11.5 Å². The predicted molar refractivity (Wildman–Crippen MR) is 157 cm³/mol. The summed E-state index contributed by atoms with van der Waals surface area (Å²) < 4.78 is 18.0. The Morgan fingerprint density at radius 3 is 2.60 bits per heavy atom. The van der Waals surface area contributed by atoms with Crippen LogP contribution in [0, 0.1) is 9.49 Å². The number of nitrogens with zero attached hydrogens (tertiary/aromatic N) is 1. The second-order valence-corrected chi connectivity index (χ2v) is 11.6. The molecule has 10 nitrogen and oxygen atoms in total. The van der Waals surface area contributed by atoms with E-state index in [4.69, 9.17) is 14.2 Å². The number of aldehydes is 1. The SMILES string of the molecule is COc1cc(C=O)cc(I)c1O[C@H]1C=C(C(=O)NCCO)C[C@@H](N(CCCOC(C)C)C(=O)C2CCCC2)[C@@H]1O. The summed E-state index contributed by atoms with van der Waals surface area (Å²) in [5.74, 6) is 0.0989. The highest BCUT2D eigenvalue weighted by molar-refractivity contribution is 14.1. The Balaban J connectivity index is 1.96. The van der Waals surface area contributed by atoms with Crippen LogP contribution in [0.4, 0.5) is 0 Å². The number of amides is 2. The molecular formula is C29H41IN2O8. The minimum absolute atomic E-state index is 0.0237. The Morgan fingerprint density at radius 2 is 1.98 bits per heavy atom. The van der Waals surface area contributed by atoms with Gasteiger partial charge in [-0.3, -0.25) is 14.4 Å². The summed E-state index contributed by atoms with van der Waals surface area (Å²) in [4.78, 5) is 39.9. The molecule has 1 saturated carbocycles. The number of hydrogen-bond donors (Lipinski definition) is 3. The van der Waals surface area contributed by atoms with Crippen LogP contribution in [0.2, 0.25) is 0 Å². The lowest BCUT2D eigenvalue weighted by Gasteiger charge is -2.41. The molecule has 0 heterocycles. The number of rotatable bonds is 14. The van der Waals surface area contributed by atoms with E-state index < -0.39 is 24.2 Å². The van der Waals surface area contributed by atoms with Crippen LogP contribution >= 0.6 is 22.6 Å². The number of nitrogens with one attached hydrogen (secondary N) is 1. The standard InChI is InChI=1S/C29H41IN2O8/c1-18(2)39-12-6-10-32(29(37)20-7-4-5-8-20)23-15-21(28(36)31-9-11-33)16-24(26(23)35)40-27-22(30)13-19(17-34)14-25(27)38-3/h13-14,16-18,20,23-24,26,33,35H,4-12,15H2,1-3H3,(H,31,36)/t23-,24+,26+/m1/s1. The fourth-order valence-electron chi connectivity index (χ4n) is 5.24. The Kier molecular flexibility index (Phi) is 12.7. The lowest BCUT2D eigenvalue weighted by atomic mass is 9.87. The third-order valence-electron chi connectivity index (χ3n) is 7.24. The summed E-state index contributed by atoms with van der Waals surface area (Å²) in [5.41, 5.74) is 0.766. The first-order chi connectivity index (χ1) is 19.2. The first kappa shape index (κ1) is 32.3. The van der Waals surface area contributed by atoms with E-state index in [1.807, 2.05) is 36.4 Å². The van der Waals surface area contributed by atoms with Gasteiger partial charge >= 0.3 is 0 Å². The summed E-state index contributed by atoms with van der Waals surface area (Å²) in [6, 6.07) is 2.47. The third kappa shape index (κ3) is 8.40. The number of halogens is 1. The summed E-state index contributed by atoms with van der Waals surface area (Å²) in [6.45, 7) is 4.60. The molecule has 2 aliphatic rings. The molecule has 0 bridgehead atoms. The van der Waals surface area contributed by atoms with Gasteiger partial charge in [-0.15, -0.1) is 0 Å². The fourth-order valence-corrected chi connectivity index (χ4v) is 5.99. The van der Waals surface area contributed by atoms with Crippen LogP contribution in [-0.4, -0.2) is 91.0 Å². The number of benzene rings is 1. The van der Waals surface area contributed by atoms with Crippen molar-refractivity contribution < 1.29 is 38.8 Å². The molecule has 3 rings (SSSR count). The Morgan fingerprint density at radius 1 is 1.25 bits per heavy atom. The van der Waals surface area contributed by atoms with E-state index in [1.165, 1.54) is 7.11 Å². The number of ether oxygens (including phenoxy) is 3. The Bertz CT molecular complexity index is 1060. The molecule has 2 amide bonds. The smallest absolute Gasteiger partial charge is 0.247 e. The molecule has 0 saturated heterocycles. The minimum Gasteiger partial charge on any atom is -0.493 e. The maximum Gasteiger partial charge on any atom is 0.247 e. The summed E-state index contributed by atoms with van der Waals surface area (Å²) >= 11 is 2.03. The van der Waals surface area contributed by atoms with Gasteiger partial charge in [0.25, 0.3) is 0 Å². The topological polar surface area (TPSA) is 135 Å². The number of aliphatic hydroxyl groups is 2. The molecule has 1 aromatic rings. The third-order valence-corrected chi connectivity index (χ3v) is 8.04. The van der Waals surface area contributed by atoms with Crippen LogP contribution in [-0.2, 0) is 14.3 Å². The molecule has 222 valence electrons. The first-order valence-corrected chi connectivity index (χ1v) is 15.0. The van der Waals surface area contributed by atoms with Gasteiger partial charge in [0.05, 0.1) is 29.4 Å². The summed E-state index contributed by atoms with van der Waals surface area (Å²) in [6.07, 6.45) is 4.52. The quantitative estimate of drug-likeness (QED) is 0.156. The molecular weight excluding hydrogens is 631 g/mol. The molecule has 0 aromatic heterocycles. The molecule has 40 heavy (non-hydrogen) atoms. The number of carbonyl (C=O) groups is 3. The normalized spacial score (nSPS) is 21.2. The number of hydrogen-bond acceptors (Lipinski definition) is 8. The zero-order chi connectivity index (χ0) is 29.2. The highest BCUT2D eigenvalue weighted by Gasteiger charge is 2.42. The minimum atomic E-state index is -1.14. The highest BCUT2D eigenvalue weighted by Crippen LogP contribution is 2.37. The van der Waals surface area contributed by atoms with Gasteiger partial charge < -0.3 is 34.6 Å². The van der Waals surface area contributed by atoms with Gasteiger partial charge in [0.1, 0.15) is 18.5 Å². The molecule has 0 aliphatic heterocycles. The zero-order valence-corrected chi connectivity index (χ0v) is 25.6. The number of aliphatic hydroxyl groups excluding tert-OH is 2. The van der Waals surface area contributed by atoms with E-state index in [0.29, 0.717) is 52.1 Å². The lowest BCUT2D eigenvalue weighted by Crippen LogP contribution is -2.56. The molecule has 3 atom stereocenters. The van der Waals surface area contributed by atoms with E-state index in [2.05, 4.69) is 5.32 Å². The van der Waals surface area contributed by atoms with Gasteiger partial charge in [-0.25, -0.2) is 0 Å². The van der Waals surface area contributed by atoms with E-state index in [0.717, 1.165) is 25.7 Å². The zero-order valence-electron chi connectivity index (χ0n) is 23.4. The molecule has 11 heteroatoms. The van der Waals surface area contributed by atoms with Crippen LogP contribution in [0.1, 0.15) is 62.7 Å². The van der Waals surface area contributed by atoms with Crippen molar-refractivity contribution in [3.8, 4) is 11.5 Å². The van der Waals surface area contributed by atoms with Gasteiger partial charge in [-0.05, 0) is 73.9 Å². The van der Waals surface area contributed by atoms with Crippen molar-refractivity contribution in [3.05, 3.63) is 32.9 Å². The van der Waals surface area contributed by atoms with E-state index in [9.17, 15) is 24.6 Å². The summed E-state index contributed by atoms with van der Waals surface area (Å²) in [7, 11) is 1.46. The van der Waals surface area contributed by atoms with Crippen molar-refractivity contribution in [1.29, 1.82) is 0 Å². The monoisotopic (exact) mass is 672 g/mol. The fraction of sp³-hybridized carbons (Fsp3) is 0.621. The summed E-state index contributed by atoms with van der Waals surface area (Å²) in [5, 5.41) is 23.6. The second kappa shape index (κ2) is 15.7. The molecule has 0 unspecified atom stereocenters. The number of methoxy groups -OCH3 is 1. The van der Waals surface area contributed by atoms with E-state index >= 15 is 0 Å². The molecule has 3 N–H and O–H groups in total. The van der Waals surface area contributed by atoms with E-state index in [-0.39, 0.29) is 37.5 Å². The van der Waals surface area contributed by atoms with Crippen molar-refractivity contribution in [2.24, 2.45) is 5.92 Å². The molecule has 0 spiro atoms. The average molecular weight is 673 g/mol. The van der Waals surface area contributed by atoms with Crippen molar-refractivity contribution in [2.45, 2.75) is 76.7 Å². The van der Waals surface area contributed by atoms with Crippen LogP contribution in [0.15, 0.2) is 23.8 Å². The van der Waals surface area contributed by atoms with Crippen molar-refractivity contribution in [3.63, 3.8) is 0 Å². The largest absolute Gasteiger partial charge is 0.493 e. The maximum atomic E-state index is 13.8. The lowest BCUT2D eigenvalue weighted by molar-refractivity contribution is -0.143. The van der Waals surface area contributed by atoms with Crippen molar-refractivity contribution in [2.75, 3.05) is 33.4 Å². The highest BCUT2D eigenvalue weighted by atomic mass is 127. The van der Waals surface area contributed by atoms with Gasteiger partial charge in [0.2, 0.25) is 11.8 Å². The second-order valence-electron chi connectivity index (χ2n) is 10.5. The van der Waals surface area contributed by atoms with Crippen LogP contribution in [0.25, 0.3) is 0 Å². The molecule has 1 aromatic carbocycles.